The molecule has 0 radical (unpaired) electrons. The first kappa shape index (κ1) is 17.6. The Morgan fingerprint density at radius 1 is 0.962 bits per heavy atom. The number of hydrazine groups is 1. The highest BCUT2D eigenvalue weighted by Crippen LogP contribution is 2.21. The van der Waals surface area contributed by atoms with Gasteiger partial charge in [-0.05, 0) is 36.4 Å². The normalized spacial score (nSPS) is 11.0. The minimum absolute atomic E-state index is 0.178. The Hall–Kier alpha value is -3.24. The summed E-state index contributed by atoms with van der Waals surface area (Å²) in [5.41, 5.74) is 8.03. The Labute approximate surface area is 150 Å². The third kappa shape index (κ3) is 4.23. The average Bonchev–Trinajstić information content (AvgIpc) is 2.66. The predicted octanol–water partition coefficient (Wildman–Crippen LogP) is 2.27. The van der Waals surface area contributed by atoms with Gasteiger partial charge in [-0.3, -0.25) is 20.4 Å². The van der Waals surface area contributed by atoms with Crippen molar-refractivity contribution in [1.82, 2.24) is 15.0 Å². The molecule has 0 saturated carbocycles. The van der Waals surface area contributed by atoms with Crippen LogP contribution in [0.25, 0.3) is 11.3 Å². The Morgan fingerprint density at radius 3 is 2.27 bits per heavy atom. The molecular formula is C16H16N6O3S. The zero-order valence-corrected chi connectivity index (χ0v) is 14.5. The van der Waals surface area contributed by atoms with Crippen molar-refractivity contribution in [3.05, 3.63) is 54.9 Å². The second kappa shape index (κ2) is 7.33. The molecular weight excluding hydrogens is 356 g/mol. The number of rotatable bonds is 6. The molecule has 0 fully saturated rings. The summed E-state index contributed by atoms with van der Waals surface area (Å²) in [5, 5.41) is 2.90. The molecule has 2 heterocycles. The van der Waals surface area contributed by atoms with Gasteiger partial charge >= 0.3 is 0 Å². The summed E-state index contributed by atoms with van der Waals surface area (Å²) in [4.78, 5) is 12.5. The third-order valence-electron chi connectivity index (χ3n) is 3.41. The highest BCUT2D eigenvalue weighted by atomic mass is 32.2. The van der Waals surface area contributed by atoms with Crippen molar-refractivity contribution in [2.24, 2.45) is 0 Å². The van der Waals surface area contributed by atoms with E-state index >= 15 is 0 Å². The number of anilines is 3. The van der Waals surface area contributed by atoms with Crippen molar-refractivity contribution in [1.29, 1.82) is 0 Å². The number of nitrogens with zero attached hydrogens (tertiary/aromatic N) is 3. The van der Waals surface area contributed by atoms with E-state index in [1.165, 1.54) is 24.3 Å². The summed E-state index contributed by atoms with van der Waals surface area (Å²) in [7, 11) is -2.49. The topological polar surface area (TPSA) is 129 Å². The molecule has 3 rings (SSSR count). The molecule has 9 nitrogen and oxygen atoms in total. The first-order valence-corrected chi connectivity index (χ1v) is 8.96. The fraction of sp³-hybridized carbons (Fsp3) is 0.0625. The fourth-order valence-corrected chi connectivity index (χ4v) is 2.62. The van der Waals surface area contributed by atoms with E-state index in [1.807, 2.05) is 12.1 Å². The van der Waals surface area contributed by atoms with Crippen LogP contribution in [0.2, 0.25) is 0 Å². The lowest BCUT2D eigenvalue weighted by Crippen LogP contribution is -2.12. The summed E-state index contributed by atoms with van der Waals surface area (Å²) in [6.45, 7) is 0. The molecule has 0 atom stereocenters. The van der Waals surface area contributed by atoms with Gasteiger partial charge in [-0.15, -0.1) is 0 Å². The molecule has 0 bridgehead atoms. The number of aromatic nitrogens is 3. The van der Waals surface area contributed by atoms with Crippen LogP contribution >= 0.6 is 0 Å². The van der Waals surface area contributed by atoms with E-state index in [2.05, 4.69) is 31.1 Å². The number of hydrogen-bond donors (Lipinski definition) is 4. The molecule has 0 aliphatic carbocycles. The molecule has 0 spiro atoms. The Balaban J connectivity index is 1.79. The van der Waals surface area contributed by atoms with E-state index in [9.17, 15) is 8.42 Å². The molecule has 26 heavy (non-hydrogen) atoms. The molecule has 0 aliphatic heterocycles. The van der Waals surface area contributed by atoms with E-state index in [4.69, 9.17) is 4.55 Å². The molecule has 0 unspecified atom stereocenters. The number of benzene rings is 1. The molecule has 0 aliphatic rings. The average molecular weight is 372 g/mol. The zero-order chi connectivity index (χ0) is 18.6. The maximum Gasteiger partial charge on any atom is 0.294 e. The Bertz CT molecular complexity index is 994. The van der Waals surface area contributed by atoms with E-state index in [1.54, 1.807) is 25.5 Å². The summed E-state index contributed by atoms with van der Waals surface area (Å²) in [6, 6.07) is 11.1. The van der Waals surface area contributed by atoms with Crippen molar-refractivity contribution in [2.75, 3.05) is 23.2 Å². The summed E-state index contributed by atoms with van der Waals surface area (Å²) in [5.74, 6) is 0.945. The van der Waals surface area contributed by atoms with Gasteiger partial charge in [0.05, 0.1) is 16.3 Å². The van der Waals surface area contributed by atoms with E-state index in [0.717, 1.165) is 5.56 Å². The minimum Gasteiger partial charge on any atom is -0.357 e. The molecule has 3 aromatic rings. The van der Waals surface area contributed by atoms with Crippen LogP contribution in [0.5, 0.6) is 0 Å². The van der Waals surface area contributed by atoms with Crippen LogP contribution in [0.1, 0.15) is 0 Å². The SMILES string of the molecule is CNc1nc(NNc2ccc(S(=O)(=O)O)cc2)cc(-c2ccncc2)n1. The lowest BCUT2D eigenvalue weighted by molar-refractivity contribution is 0.483. The summed E-state index contributed by atoms with van der Waals surface area (Å²) < 4.78 is 31.1. The maximum absolute atomic E-state index is 11.1. The Kier molecular flexibility index (Phi) is 4.96. The number of pyridine rings is 1. The number of hydrogen-bond acceptors (Lipinski definition) is 8. The molecule has 2 aromatic heterocycles. The molecule has 134 valence electrons. The highest BCUT2D eigenvalue weighted by molar-refractivity contribution is 7.85. The smallest absolute Gasteiger partial charge is 0.294 e. The van der Waals surface area contributed by atoms with Crippen LogP contribution in [0, 0.1) is 0 Å². The Morgan fingerprint density at radius 2 is 1.65 bits per heavy atom. The standard InChI is InChI=1S/C16H16N6O3S/c1-17-16-19-14(11-6-8-18-9-7-11)10-15(20-16)22-21-12-2-4-13(5-3-12)26(23,24)25/h2-10,21H,1H3,(H,23,24,25)(H2,17,19,20,22). The van der Waals surface area contributed by atoms with Gasteiger partial charge in [0, 0.05) is 31.1 Å². The summed E-state index contributed by atoms with van der Waals surface area (Å²) >= 11 is 0. The van der Waals surface area contributed by atoms with Gasteiger partial charge in [0.15, 0.2) is 5.82 Å². The van der Waals surface area contributed by atoms with Crippen LogP contribution in [0.3, 0.4) is 0 Å². The van der Waals surface area contributed by atoms with Crippen molar-refractivity contribution in [3.8, 4) is 11.3 Å². The van der Waals surface area contributed by atoms with Gasteiger partial charge in [-0.2, -0.15) is 13.4 Å². The molecule has 10 heteroatoms. The quantitative estimate of drug-likeness (QED) is 0.380. The van der Waals surface area contributed by atoms with Gasteiger partial charge in [-0.25, -0.2) is 4.98 Å². The predicted molar refractivity (Wildman–Crippen MR) is 98.3 cm³/mol. The van der Waals surface area contributed by atoms with Crippen LogP contribution in [-0.4, -0.2) is 35.0 Å². The molecule has 4 N–H and O–H groups in total. The molecule has 0 saturated heterocycles. The van der Waals surface area contributed by atoms with E-state index < -0.39 is 10.1 Å². The number of nitrogens with one attached hydrogen (secondary N) is 3. The minimum atomic E-state index is -4.21. The lowest BCUT2D eigenvalue weighted by Gasteiger charge is -2.12. The molecule has 1 aromatic carbocycles. The lowest BCUT2D eigenvalue weighted by atomic mass is 10.2. The van der Waals surface area contributed by atoms with E-state index in [-0.39, 0.29) is 4.90 Å². The highest BCUT2D eigenvalue weighted by Gasteiger charge is 2.09. The fourth-order valence-electron chi connectivity index (χ4n) is 2.14. The van der Waals surface area contributed by atoms with Crippen molar-refractivity contribution < 1.29 is 13.0 Å². The first-order valence-electron chi connectivity index (χ1n) is 7.52. The maximum atomic E-state index is 11.1. The van der Waals surface area contributed by atoms with Gasteiger partial charge in [0.1, 0.15) is 0 Å². The monoisotopic (exact) mass is 372 g/mol. The second-order valence-corrected chi connectivity index (χ2v) is 6.62. The van der Waals surface area contributed by atoms with Crippen molar-refractivity contribution in [3.63, 3.8) is 0 Å². The van der Waals surface area contributed by atoms with Crippen LogP contribution < -0.4 is 16.2 Å². The van der Waals surface area contributed by atoms with Gasteiger partial charge in [0.2, 0.25) is 5.95 Å². The van der Waals surface area contributed by atoms with Crippen molar-refractivity contribution in [2.45, 2.75) is 4.90 Å². The van der Waals surface area contributed by atoms with Crippen LogP contribution in [0.15, 0.2) is 59.8 Å². The molecule has 0 amide bonds. The summed E-state index contributed by atoms with van der Waals surface area (Å²) in [6.07, 6.45) is 3.36. The zero-order valence-electron chi connectivity index (χ0n) is 13.7. The van der Waals surface area contributed by atoms with Gasteiger partial charge in [-0.1, -0.05) is 0 Å². The van der Waals surface area contributed by atoms with Crippen LogP contribution in [-0.2, 0) is 10.1 Å². The third-order valence-corrected chi connectivity index (χ3v) is 4.28. The largest absolute Gasteiger partial charge is 0.357 e. The van der Waals surface area contributed by atoms with Gasteiger partial charge in [0.25, 0.3) is 10.1 Å². The second-order valence-electron chi connectivity index (χ2n) is 5.20. The van der Waals surface area contributed by atoms with E-state index in [0.29, 0.717) is 23.1 Å². The van der Waals surface area contributed by atoms with Gasteiger partial charge < -0.3 is 5.32 Å². The van der Waals surface area contributed by atoms with Crippen molar-refractivity contribution >= 4 is 27.6 Å². The van der Waals surface area contributed by atoms with Crippen LogP contribution in [0.4, 0.5) is 17.5 Å². The first-order chi connectivity index (χ1) is 12.5.